The summed E-state index contributed by atoms with van der Waals surface area (Å²) < 4.78 is 0. The molecule has 0 saturated heterocycles. The normalized spacial score (nSPS) is 52.2. The maximum atomic E-state index is 9.21. The summed E-state index contributed by atoms with van der Waals surface area (Å²) in [6, 6.07) is 0. The maximum Gasteiger partial charge on any atom is 0.136 e. The lowest BCUT2D eigenvalue weighted by atomic mass is 9.85. The van der Waals surface area contributed by atoms with Gasteiger partial charge in [-0.25, -0.2) is 5.90 Å². The van der Waals surface area contributed by atoms with Gasteiger partial charge in [-0.15, -0.1) is 0 Å². The number of aliphatic hydroxyl groups excluding tert-OH is 5. The molecule has 7 heteroatoms. The fourth-order valence-corrected chi connectivity index (χ4v) is 1.36. The first-order chi connectivity index (χ1) is 6.00. The first-order valence-electron chi connectivity index (χ1n) is 3.76. The lowest BCUT2D eigenvalue weighted by Gasteiger charge is -2.40. The molecule has 0 aromatic carbocycles. The highest BCUT2D eigenvalue weighted by molar-refractivity contribution is 4.98. The molecular formula is C6H13NO6. The highest BCUT2D eigenvalue weighted by atomic mass is 16.6. The van der Waals surface area contributed by atoms with Gasteiger partial charge in [0.15, 0.2) is 0 Å². The Morgan fingerprint density at radius 2 is 1.00 bits per heavy atom. The van der Waals surface area contributed by atoms with Gasteiger partial charge in [-0.3, -0.25) is 4.84 Å². The molecule has 0 aliphatic heterocycles. The number of hydrogen-bond donors (Lipinski definition) is 6. The molecule has 1 rings (SSSR count). The second kappa shape index (κ2) is 3.84. The van der Waals surface area contributed by atoms with Gasteiger partial charge in [-0.05, 0) is 0 Å². The summed E-state index contributed by atoms with van der Waals surface area (Å²) in [6.07, 6.45) is -9.17. The third-order valence-corrected chi connectivity index (χ3v) is 2.23. The Hall–Kier alpha value is -0.280. The summed E-state index contributed by atoms with van der Waals surface area (Å²) in [5.74, 6) is 4.73. The van der Waals surface area contributed by atoms with Crippen LogP contribution in [0.5, 0.6) is 0 Å². The molecule has 0 aromatic rings. The van der Waals surface area contributed by atoms with E-state index in [1.165, 1.54) is 0 Å². The van der Waals surface area contributed by atoms with E-state index in [4.69, 9.17) is 21.2 Å². The van der Waals surface area contributed by atoms with Crippen LogP contribution in [0, 0.1) is 0 Å². The van der Waals surface area contributed by atoms with E-state index in [9.17, 15) is 10.2 Å². The number of nitrogens with two attached hydrogens (primary N) is 1. The molecule has 0 amide bonds. The molecular weight excluding hydrogens is 182 g/mol. The van der Waals surface area contributed by atoms with Crippen molar-refractivity contribution in [3.8, 4) is 0 Å². The van der Waals surface area contributed by atoms with Gasteiger partial charge < -0.3 is 25.5 Å². The molecule has 7 N–H and O–H groups in total. The van der Waals surface area contributed by atoms with Crippen LogP contribution in [0.3, 0.4) is 0 Å². The van der Waals surface area contributed by atoms with Crippen molar-refractivity contribution in [3.05, 3.63) is 0 Å². The summed E-state index contributed by atoms with van der Waals surface area (Å²) >= 11 is 0. The zero-order valence-electron chi connectivity index (χ0n) is 6.69. The highest BCUT2D eigenvalue weighted by Gasteiger charge is 2.48. The number of hydrogen-bond acceptors (Lipinski definition) is 7. The van der Waals surface area contributed by atoms with Gasteiger partial charge in [0.05, 0.1) is 0 Å². The Kier molecular flexibility index (Phi) is 3.19. The van der Waals surface area contributed by atoms with Gasteiger partial charge in [-0.1, -0.05) is 0 Å². The van der Waals surface area contributed by atoms with Crippen molar-refractivity contribution in [2.45, 2.75) is 36.6 Å². The van der Waals surface area contributed by atoms with Gasteiger partial charge in [0.25, 0.3) is 0 Å². The minimum absolute atomic E-state index is 1.31. The van der Waals surface area contributed by atoms with Crippen LogP contribution in [0.1, 0.15) is 0 Å². The first-order valence-corrected chi connectivity index (χ1v) is 3.76. The topological polar surface area (TPSA) is 136 Å². The fourth-order valence-electron chi connectivity index (χ4n) is 1.36. The Balaban J connectivity index is 2.79. The Bertz CT molecular complexity index is 163. The lowest BCUT2D eigenvalue weighted by Crippen LogP contribution is -2.64. The molecule has 0 aromatic heterocycles. The van der Waals surface area contributed by atoms with Crippen molar-refractivity contribution in [2.75, 3.05) is 0 Å². The van der Waals surface area contributed by atoms with Crippen LogP contribution in [0.15, 0.2) is 0 Å². The van der Waals surface area contributed by atoms with E-state index in [0.29, 0.717) is 0 Å². The molecule has 13 heavy (non-hydrogen) atoms. The Morgan fingerprint density at radius 1 is 0.692 bits per heavy atom. The third-order valence-electron chi connectivity index (χ3n) is 2.23. The first kappa shape index (κ1) is 10.8. The molecule has 1 aliphatic carbocycles. The average molecular weight is 195 g/mol. The SMILES string of the molecule is NO[C@@H]1[C@@H](O)[C@H](O)[C@@H](O)[C@H](O)[C@@H]1O. The van der Waals surface area contributed by atoms with Crippen LogP contribution in [-0.2, 0) is 4.84 Å². The fraction of sp³-hybridized carbons (Fsp3) is 1.00. The van der Waals surface area contributed by atoms with Crippen molar-refractivity contribution < 1.29 is 30.4 Å². The monoisotopic (exact) mass is 195 g/mol. The van der Waals surface area contributed by atoms with E-state index >= 15 is 0 Å². The van der Waals surface area contributed by atoms with E-state index < -0.39 is 36.6 Å². The summed E-state index contributed by atoms with van der Waals surface area (Å²) in [5.41, 5.74) is 0. The van der Waals surface area contributed by atoms with Crippen molar-refractivity contribution in [1.29, 1.82) is 0 Å². The second-order valence-corrected chi connectivity index (χ2v) is 3.05. The largest absolute Gasteiger partial charge is 0.387 e. The molecule has 0 unspecified atom stereocenters. The van der Waals surface area contributed by atoms with Gasteiger partial charge in [0.1, 0.15) is 36.6 Å². The molecule has 1 aliphatic rings. The van der Waals surface area contributed by atoms with Crippen LogP contribution < -0.4 is 5.90 Å². The second-order valence-electron chi connectivity index (χ2n) is 3.05. The van der Waals surface area contributed by atoms with Gasteiger partial charge in [0, 0.05) is 0 Å². The molecule has 0 heterocycles. The minimum Gasteiger partial charge on any atom is -0.387 e. The summed E-state index contributed by atoms with van der Waals surface area (Å²) in [7, 11) is 0. The molecule has 0 radical (unpaired) electrons. The number of aliphatic hydroxyl groups is 5. The lowest BCUT2D eigenvalue weighted by molar-refractivity contribution is -0.236. The van der Waals surface area contributed by atoms with E-state index in [-0.39, 0.29) is 0 Å². The molecule has 78 valence electrons. The summed E-state index contributed by atoms with van der Waals surface area (Å²) in [6.45, 7) is 0. The Labute approximate surface area is 73.9 Å². The van der Waals surface area contributed by atoms with Crippen molar-refractivity contribution in [3.63, 3.8) is 0 Å². The quantitative estimate of drug-likeness (QED) is 0.235. The van der Waals surface area contributed by atoms with Gasteiger partial charge >= 0.3 is 0 Å². The van der Waals surface area contributed by atoms with E-state index in [2.05, 4.69) is 4.84 Å². The number of rotatable bonds is 1. The zero-order valence-corrected chi connectivity index (χ0v) is 6.69. The van der Waals surface area contributed by atoms with Crippen LogP contribution in [-0.4, -0.2) is 62.2 Å². The van der Waals surface area contributed by atoms with Crippen LogP contribution >= 0.6 is 0 Å². The van der Waals surface area contributed by atoms with Gasteiger partial charge in [0.2, 0.25) is 0 Å². The summed E-state index contributed by atoms with van der Waals surface area (Å²) in [4.78, 5) is 4.17. The molecule has 0 spiro atoms. The molecule has 6 atom stereocenters. The van der Waals surface area contributed by atoms with Crippen LogP contribution in [0.4, 0.5) is 0 Å². The zero-order chi connectivity index (χ0) is 10.2. The van der Waals surface area contributed by atoms with E-state index in [1.54, 1.807) is 0 Å². The smallest absolute Gasteiger partial charge is 0.136 e. The standard InChI is InChI=1S/C6H13NO6/c7-13-6-4(11)2(9)1(8)3(10)5(6)12/h1-6,8-12H,7H2/t1-,2-,3+,4-,5-,6-/m0/s1. The van der Waals surface area contributed by atoms with E-state index in [1.807, 2.05) is 0 Å². The third kappa shape index (κ3) is 1.67. The predicted molar refractivity (Wildman–Crippen MR) is 39.1 cm³/mol. The van der Waals surface area contributed by atoms with Crippen molar-refractivity contribution in [1.82, 2.24) is 0 Å². The maximum absolute atomic E-state index is 9.21. The Morgan fingerprint density at radius 3 is 1.31 bits per heavy atom. The average Bonchev–Trinajstić information content (AvgIpc) is 2.13. The summed E-state index contributed by atoms with van der Waals surface area (Å²) in [5, 5.41) is 45.8. The predicted octanol–water partition coefficient (Wildman–Crippen LogP) is -3.94. The minimum atomic E-state index is -1.61. The van der Waals surface area contributed by atoms with Crippen molar-refractivity contribution in [2.24, 2.45) is 5.90 Å². The molecule has 1 saturated carbocycles. The van der Waals surface area contributed by atoms with E-state index in [0.717, 1.165) is 0 Å². The van der Waals surface area contributed by atoms with Gasteiger partial charge in [-0.2, -0.15) is 0 Å². The molecule has 0 bridgehead atoms. The van der Waals surface area contributed by atoms with Crippen LogP contribution in [0.2, 0.25) is 0 Å². The van der Waals surface area contributed by atoms with Crippen molar-refractivity contribution >= 4 is 0 Å². The highest BCUT2D eigenvalue weighted by Crippen LogP contribution is 2.22. The van der Waals surface area contributed by atoms with Crippen LogP contribution in [0.25, 0.3) is 0 Å². The molecule has 1 fully saturated rings. The molecule has 7 nitrogen and oxygen atoms in total.